The van der Waals surface area contributed by atoms with E-state index in [1.54, 1.807) is 0 Å². The highest BCUT2D eigenvalue weighted by Crippen LogP contribution is 2.30. The van der Waals surface area contributed by atoms with Gasteiger partial charge in [-0.15, -0.1) is 0 Å². The molecular weight excluding hydrogens is 252 g/mol. The first-order chi connectivity index (χ1) is 9.76. The molecule has 0 aromatic carbocycles. The van der Waals surface area contributed by atoms with Crippen molar-refractivity contribution < 1.29 is 9.47 Å². The lowest BCUT2D eigenvalue weighted by atomic mass is 9.93. The zero-order valence-corrected chi connectivity index (χ0v) is 13.1. The van der Waals surface area contributed by atoms with Crippen LogP contribution in [0.25, 0.3) is 0 Å². The summed E-state index contributed by atoms with van der Waals surface area (Å²) in [7, 11) is 1.85. The van der Waals surface area contributed by atoms with Gasteiger partial charge in [-0.25, -0.2) is 0 Å². The fourth-order valence-corrected chi connectivity index (χ4v) is 4.20. The topological polar surface area (TPSA) is 24.9 Å². The molecule has 20 heavy (non-hydrogen) atoms. The van der Waals surface area contributed by atoms with Crippen LogP contribution >= 0.6 is 0 Å². The van der Waals surface area contributed by atoms with E-state index < -0.39 is 0 Å². The summed E-state index contributed by atoms with van der Waals surface area (Å²) in [4.78, 5) is 5.43. The van der Waals surface area contributed by atoms with Crippen molar-refractivity contribution in [3.8, 4) is 0 Å². The molecule has 0 aliphatic carbocycles. The molecule has 4 nitrogen and oxygen atoms in total. The zero-order valence-electron chi connectivity index (χ0n) is 13.1. The molecule has 116 valence electrons. The molecule has 0 radical (unpaired) electrons. The highest BCUT2D eigenvalue weighted by atomic mass is 16.5. The number of piperazine rings is 1. The Labute approximate surface area is 123 Å². The minimum atomic E-state index is -0.0513. The van der Waals surface area contributed by atoms with Gasteiger partial charge in [-0.05, 0) is 25.8 Å². The van der Waals surface area contributed by atoms with Crippen molar-refractivity contribution in [3.63, 3.8) is 0 Å². The number of methoxy groups -OCH3 is 1. The summed E-state index contributed by atoms with van der Waals surface area (Å²) in [6.07, 6.45) is 6.46. The Kier molecular flexibility index (Phi) is 4.65. The molecule has 3 aliphatic heterocycles. The number of rotatable bonds is 4. The zero-order chi connectivity index (χ0) is 14.0. The molecule has 3 unspecified atom stereocenters. The van der Waals surface area contributed by atoms with Crippen LogP contribution < -0.4 is 0 Å². The third-order valence-electron chi connectivity index (χ3n) is 5.62. The first-order valence-corrected chi connectivity index (χ1v) is 8.37. The van der Waals surface area contributed by atoms with Crippen LogP contribution in [0.1, 0.15) is 39.0 Å². The van der Waals surface area contributed by atoms with Gasteiger partial charge in [0, 0.05) is 51.9 Å². The van der Waals surface area contributed by atoms with Gasteiger partial charge < -0.3 is 9.47 Å². The van der Waals surface area contributed by atoms with Gasteiger partial charge in [-0.1, -0.05) is 13.3 Å². The molecule has 0 saturated carbocycles. The number of hydrogen-bond acceptors (Lipinski definition) is 4. The maximum absolute atomic E-state index is 5.85. The van der Waals surface area contributed by atoms with Crippen molar-refractivity contribution in [1.29, 1.82) is 0 Å². The van der Waals surface area contributed by atoms with E-state index in [9.17, 15) is 0 Å². The smallest absolute Gasteiger partial charge is 0.106 e. The maximum Gasteiger partial charge on any atom is 0.106 e. The average molecular weight is 282 g/mol. The van der Waals surface area contributed by atoms with E-state index in [0.29, 0.717) is 6.04 Å². The van der Waals surface area contributed by atoms with Gasteiger partial charge in [-0.3, -0.25) is 9.80 Å². The molecule has 3 fully saturated rings. The summed E-state index contributed by atoms with van der Waals surface area (Å²) in [6, 6.07) is 1.47. The summed E-state index contributed by atoms with van der Waals surface area (Å²) in [5.41, 5.74) is -0.0513. The number of nitrogens with zero attached hydrogens (tertiary/aromatic N) is 2. The predicted octanol–water partition coefficient (Wildman–Crippen LogP) is 1.74. The van der Waals surface area contributed by atoms with Crippen LogP contribution in [0.5, 0.6) is 0 Å². The standard InChI is InChI=1S/C16H30N2O2/c1-3-14-10-17-8-5-4-6-15(17)11-18(14)12-16(19-2)7-9-20-13-16/h14-15H,3-13H2,1-2H3. The Bertz CT molecular complexity index is 318. The Morgan fingerprint density at radius 3 is 2.90 bits per heavy atom. The summed E-state index contributed by atoms with van der Waals surface area (Å²) < 4.78 is 11.5. The molecule has 3 heterocycles. The second kappa shape index (κ2) is 6.30. The van der Waals surface area contributed by atoms with E-state index >= 15 is 0 Å². The second-order valence-corrected chi connectivity index (χ2v) is 6.83. The van der Waals surface area contributed by atoms with Crippen molar-refractivity contribution in [1.82, 2.24) is 9.80 Å². The van der Waals surface area contributed by atoms with Gasteiger partial charge in [0.2, 0.25) is 0 Å². The number of piperidine rings is 1. The lowest BCUT2D eigenvalue weighted by Gasteiger charge is -2.50. The molecule has 4 heteroatoms. The van der Waals surface area contributed by atoms with E-state index in [4.69, 9.17) is 9.47 Å². The molecule has 3 saturated heterocycles. The van der Waals surface area contributed by atoms with Gasteiger partial charge in [-0.2, -0.15) is 0 Å². The Morgan fingerprint density at radius 1 is 1.30 bits per heavy atom. The Hall–Kier alpha value is -0.160. The SMILES string of the molecule is CCC1CN2CCCCC2CN1CC1(OC)CCOC1. The van der Waals surface area contributed by atoms with Crippen molar-refractivity contribution in [2.24, 2.45) is 0 Å². The van der Waals surface area contributed by atoms with Crippen molar-refractivity contribution in [2.45, 2.75) is 56.7 Å². The van der Waals surface area contributed by atoms with Gasteiger partial charge in [0.05, 0.1) is 6.61 Å². The maximum atomic E-state index is 5.85. The van der Waals surface area contributed by atoms with E-state index in [1.165, 1.54) is 45.3 Å². The minimum Gasteiger partial charge on any atom is -0.378 e. The van der Waals surface area contributed by atoms with Gasteiger partial charge in [0.25, 0.3) is 0 Å². The van der Waals surface area contributed by atoms with Crippen LogP contribution in [-0.4, -0.2) is 74.0 Å². The third-order valence-corrected chi connectivity index (χ3v) is 5.62. The van der Waals surface area contributed by atoms with E-state index in [-0.39, 0.29) is 5.60 Å². The van der Waals surface area contributed by atoms with Crippen LogP contribution in [-0.2, 0) is 9.47 Å². The highest BCUT2D eigenvalue weighted by Gasteiger charge is 2.41. The minimum absolute atomic E-state index is 0.0513. The van der Waals surface area contributed by atoms with Crippen LogP contribution in [0.4, 0.5) is 0 Å². The van der Waals surface area contributed by atoms with Crippen LogP contribution in [0.3, 0.4) is 0 Å². The largest absolute Gasteiger partial charge is 0.378 e. The number of ether oxygens (including phenoxy) is 2. The summed E-state index contributed by atoms with van der Waals surface area (Å²) in [5.74, 6) is 0. The van der Waals surface area contributed by atoms with Crippen LogP contribution in [0, 0.1) is 0 Å². The normalized spacial score (nSPS) is 39.9. The predicted molar refractivity (Wildman–Crippen MR) is 80.0 cm³/mol. The fourth-order valence-electron chi connectivity index (χ4n) is 4.20. The molecule has 0 aromatic heterocycles. The highest BCUT2D eigenvalue weighted by molar-refractivity contribution is 4.95. The van der Waals surface area contributed by atoms with Gasteiger partial charge >= 0.3 is 0 Å². The number of hydrogen-bond donors (Lipinski definition) is 0. The number of fused-ring (bicyclic) bond motifs is 1. The molecule has 0 spiro atoms. The quantitative estimate of drug-likeness (QED) is 0.784. The Morgan fingerprint density at radius 2 is 2.20 bits per heavy atom. The monoisotopic (exact) mass is 282 g/mol. The summed E-state index contributed by atoms with van der Waals surface area (Å²) >= 11 is 0. The first-order valence-electron chi connectivity index (χ1n) is 8.37. The van der Waals surface area contributed by atoms with Crippen LogP contribution in [0.2, 0.25) is 0 Å². The van der Waals surface area contributed by atoms with Crippen molar-refractivity contribution in [3.05, 3.63) is 0 Å². The molecule has 0 aromatic rings. The summed E-state index contributed by atoms with van der Waals surface area (Å²) in [5, 5.41) is 0. The lowest BCUT2D eigenvalue weighted by molar-refractivity contribution is -0.0742. The molecule has 3 rings (SSSR count). The van der Waals surface area contributed by atoms with Crippen molar-refractivity contribution >= 4 is 0 Å². The van der Waals surface area contributed by atoms with Crippen LogP contribution in [0.15, 0.2) is 0 Å². The van der Waals surface area contributed by atoms with E-state index in [2.05, 4.69) is 16.7 Å². The van der Waals surface area contributed by atoms with Gasteiger partial charge in [0.15, 0.2) is 0 Å². The van der Waals surface area contributed by atoms with Gasteiger partial charge in [0.1, 0.15) is 5.60 Å². The molecule has 0 N–H and O–H groups in total. The van der Waals surface area contributed by atoms with E-state index in [1.807, 2.05) is 7.11 Å². The third kappa shape index (κ3) is 2.89. The van der Waals surface area contributed by atoms with E-state index in [0.717, 1.165) is 32.2 Å². The molecular formula is C16H30N2O2. The Balaban J connectivity index is 1.67. The van der Waals surface area contributed by atoms with Crippen molar-refractivity contribution in [2.75, 3.05) is 46.5 Å². The molecule has 3 atom stereocenters. The molecule has 0 amide bonds. The fraction of sp³-hybridized carbons (Fsp3) is 1.00. The molecule has 3 aliphatic rings. The summed E-state index contributed by atoms with van der Waals surface area (Å²) in [6.45, 7) is 8.79. The lowest BCUT2D eigenvalue weighted by Crippen LogP contribution is -2.62. The molecule has 0 bridgehead atoms. The average Bonchev–Trinajstić information content (AvgIpc) is 2.95. The second-order valence-electron chi connectivity index (χ2n) is 6.83. The first kappa shape index (κ1) is 14.8.